The van der Waals surface area contributed by atoms with Gasteiger partial charge in [-0.2, -0.15) is 0 Å². The number of benzene rings is 2. The average Bonchev–Trinajstić information content (AvgIpc) is 2.41. The average molecular weight is 240 g/mol. The van der Waals surface area contributed by atoms with Crippen LogP contribution in [0.2, 0.25) is 0 Å². The predicted octanol–water partition coefficient (Wildman–Crippen LogP) is 3.11. The van der Waals surface area contributed by atoms with Crippen LogP contribution in [-0.2, 0) is 13.1 Å². The molecule has 0 saturated carbocycles. The van der Waals surface area contributed by atoms with E-state index in [0.717, 1.165) is 16.2 Å². The molecule has 0 aliphatic carbocycles. The lowest BCUT2D eigenvalue weighted by Gasteiger charge is -2.10. The van der Waals surface area contributed by atoms with E-state index >= 15 is 0 Å². The van der Waals surface area contributed by atoms with Crippen LogP contribution >= 0.6 is 0 Å². The SMILES string of the molecule is ON(C=NCc1ccccc1)Cc1ccccc1. The monoisotopic (exact) mass is 240 g/mol. The Kier molecular flexibility index (Phi) is 4.50. The number of aliphatic imine (C=N–C) groups is 1. The first kappa shape index (κ1) is 12.3. The van der Waals surface area contributed by atoms with Crippen LogP contribution in [0.5, 0.6) is 0 Å². The normalized spacial score (nSPS) is 10.7. The van der Waals surface area contributed by atoms with E-state index < -0.39 is 0 Å². The van der Waals surface area contributed by atoms with Crippen molar-refractivity contribution in [3.05, 3.63) is 71.8 Å². The van der Waals surface area contributed by atoms with Crippen LogP contribution in [0.15, 0.2) is 65.7 Å². The second kappa shape index (κ2) is 6.57. The van der Waals surface area contributed by atoms with Gasteiger partial charge in [-0.05, 0) is 11.1 Å². The molecule has 0 unspecified atom stereocenters. The number of hydrogen-bond acceptors (Lipinski definition) is 2. The van der Waals surface area contributed by atoms with E-state index in [4.69, 9.17) is 0 Å². The molecule has 0 atom stereocenters. The van der Waals surface area contributed by atoms with E-state index in [-0.39, 0.29) is 0 Å². The molecule has 1 N–H and O–H groups in total. The highest BCUT2D eigenvalue weighted by molar-refractivity contribution is 5.53. The second-order valence-corrected chi connectivity index (χ2v) is 4.02. The summed E-state index contributed by atoms with van der Waals surface area (Å²) in [6.07, 6.45) is 1.46. The van der Waals surface area contributed by atoms with Crippen LogP contribution in [0.1, 0.15) is 11.1 Å². The van der Waals surface area contributed by atoms with Crippen molar-refractivity contribution in [1.82, 2.24) is 5.06 Å². The van der Waals surface area contributed by atoms with Gasteiger partial charge < -0.3 is 0 Å². The third kappa shape index (κ3) is 4.03. The van der Waals surface area contributed by atoms with E-state index in [1.807, 2.05) is 60.7 Å². The Labute approximate surface area is 107 Å². The maximum Gasteiger partial charge on any atom is 0.111 e. The van der Waals surface area contributed by atoms with Crippen LogP contribution in [0, 0.1) is 0 Å². The van der Waals surface area contributed by atoms with Crippen LogP contribution in [-0.4, -0.2) is 16.6 Å². The van der Waals surface area contributed by atoms with Gasteiger partial charge >= 0.3 is 0 Å². The van der Waals surface area contributed by atoms with E-state index in [9.17, 15) is 5.21 Å². The molecular formula is C15H16N2O. The Balaban J connectivity index is 1.82. The van der Waals surface area contributed by atoms with E-state index in [1.54, 1.807) is 0 Å². The number of nitrogens with zero attached hydrogens (tertiary/aromatic N) is 2. The molecule has 2 rings (SSSR count). The lowest BCUT2D eigenvalue weighted by Crippen LogP contribution is -2.16. The van der Waals surface area contributed by atoms with Gasteiger partial charge in [0.05, 0.1) is 13.1 Å². The molecule has 0 radical (unpaired) electrons. The third-order valence-corrected chi connectivity index (χ3v) is 2.52. The van der Waals surface area contributed by atoms with Crippen molar-refractivity contribution in [2.45, 2.75) is 13.1 Å². The molecule has 18 heavy (non-hydrogen) atoms. The van der Waals surface area contributed by atoms with Gasteiger partial charge in [0.15, 0.2) is 0 Å². The van der Waals surface area contributed by atoms with Gasteiger partial charge in [-0.1, -0.05) is 60.7 Å². The third-order valence-electron chi connectivity index (χ3n) is 2.52. The fourth-order valence-electron chi connectivity index (χ4n) is 1.64. The van der Waals surface area contributed by atoms with Crippen LogP contribution in [0.4, 0.5) is 0 Å². The Morgan fingerprint density at radius 3 is 2.06 bits per heavy atom. The molecule has 0 aliphatic heterocycles. The minimum Gasteiger partial charge on any atom is -0.287 e. The Bertz CT molecular complexity index is 482. The molecule has 0 spiro atoms. The fourth-order valence-corrected chi connectivity index (χ4v) is 1.64. The van der Waals surface area contributed by atoms with Gasteiger partial charge in [0, 0.05) is 0 Å². The quantitative estimate of drug-likeness (QED) is 0.495. The summed E-state index contributed by atoms with van der Waals surface area (Å²) in [5, 5.41) is 10.8. The number of rotatable bonds is 5. The van der Waals surface area contributed by atoms with Crippen molar-refractivity contribution in [2.75, 3.05) is 0 Å². The van der Waals surface area contributed by atoms with E-state index in [0.29, 0.717) is 13.1 Å². The van der Waals surface area contributed by atoms with Crippen molar-refractivity contribution < 1.29 is 5.21 Å². The van der Waals surface area contributed by atoms with Crippen LogP contribution in [0.25, 0.3) is 0 Å². The first-order valence-electron chi connectivity index (χ1n) is 5.88. The molecule has 0 aliphatic rings. The lowest BCUT2D eigenvalue weighted by molar-refractivity contribution is -0.0167. The molecular weight excluding hydrogens is 224 g/mol. The van der Waals surface area contributed by atoms with Gasteiger partial charge in [0.25, 0.3) is 0 Å². The standard InChI is InChI=1S/C15H16N2O/c18-17(12-15-9-5-2-6-10-15)13-16-11-14-7-3-1-4-8-14/h1-10,13,18H,11-12H2. The lowest BCUT2D eigenvalue weighted by atomic mass is 10.2. The summed E-state index contributed by atoms with van der Waals surface area (Å²) in [7, 11) is 0. The Morgan fingerprint density at radius 2 is 1.44 bits per heavy atom. The first-order chi connectivity index (χ1) is 8.84. The molecule has 0 heterocycles. The summed E-state index contributed by atoms with van der Waals surface area (Å²) >= 11 is 0. The molecule has 0 amide bonds. The van der Waals surface area contributed by atoms with Crippen molar-refractivity contribution in [2.24, 2.45) is 4.99 Å². The second-order valence-electron chi connectivity index (χ2n) is 4.02. The summed E-state index contributed by atoms with van der Waals surface area (Å²) < 4.78 is 0. The summed E-state index contributed by atoms with van der Waals surface area (Å²) in [5.74, 6) is 0. The summed E-state index contributed by atoms with van der Waals surface area (Å²) in [6.45, 7) is 1.02. The van der Waals surface area contributed by atoms with Gasteiger partial charge in [0.1, 0.15) is 6.34 Å². The zero-order valence-corrected chi connectivity index (χ0v) is 10.1. The topological polar surface area (TPSA) is 35.8 Å². The van der Waals surface area contributed by atoms with Gasteiger partial charge in [-0.15, -0.1) is 0 Å². The maximum absolute atomic E-state index is 9.66. The Hall–Kier alpha value is -2.13. The molecule has 0 aromatic heterocycles. The largest absolute Gasteiger partial charge is 0.287 e. The van der Waals surface area contributed by atoms with Gasteiger partial charge in [-0.3, -0.25) is 10.2 Å². The molecule has 2 aromatic rings. The smallest absolute Gasteiger partial charge is 0.111 e. The molecule has 3 heteroatoms. The summed E-state index contributed by atoms with van der Waals surface area (Å²) in [6, 6.07) is 19.7. The van der Waals surface area contributed by atoms with Gasteiger partial charge in [0.2, 0.25) is 0 Å². The van der Waals surface area contributed by atoms with Crippen LogP contribution < -0.4 is 0 Å². The number of hydroxylamine groups is 2. The minimum atomic E-state index is 0.444. The molecule has 92 valence electrons. The zero-order valence-electron chi connectivity index (χ0n) is 10.1. The summed E-state index contributed by atoms with van der Waals surface area (Å²) in [4.78, 5) is 4.19. The molecule has 0 saturated heterocycles. The van der Waals surface area contributed by atoms with E-state index in [1.165, 1.54) is 6.34 Å². The predicted molar refractivity (Wildman–Crippen MR) is 72.4 cm³/mol. The molecule has 0 bridgehead atoms. The van der Waals surface area contributed by atoms with Gasteiger partial charge in [-0.25, -0.2) is 5.06 Å². The number of hydrogen-bond donors (Lipinski definition) is 1. The molecule has 2 aromatic carbocycles. The highest BCUT2D eigenvalue weighted by Gasteiger charge is 1.96. The molecule has 0 fully saturated rings. The van der Waals surface area contributed by atoms with Crippen molar-refractivity contribution >= 4 is 6.34 Å². The zero-order chi connectivity index (χ0) is 12.6. The Morgan fingerprint density at radius 1 is 0.889 bits per heavy atom. The van der Waals surface area contributed by atoms with Crippen molar-refractivity contribution in [3.8, 4) is 0 Å². The highest BCUT2D eigenvalue weighted by Crippen LogP contribution is 2.02. The van der Waals surface area contributed by atoms with Crippen molar-refractivity contribution in [1.29, 1.82) is 0 Å². The minimum absolute atomic E-state index is 0.444. The molecule has 3 nitrogen and oxygen atoms in total. The van der Waals surface area contributed by atoms with E-state index in [2.05, 4.69) is 4.99 Å². The van der Waals surface area contributed by atoms with Crippen molar-refractivity contribution in [3.63, 3.8) is 0 Å². The maximum atomic E-state index is 9.66. The summed E-state index contributed by atoms with van der Waals surface area (Å²) in [5.41, 5.74) is 2.17. The van der Waals surface area contributed by atoms with Crippen LogP contribution in [0.3, 0.4) is 0 Å². The fraction of sp³-hybridized carbons (Fsp3) is 0.133. The first-order valence-corrected chi connectivity index (χ1v) is 5.88. The highest BCUT2D eigenvalue weighted by atomic mass is 16.5.